The van der Waals surface area contributed by atoms with Gasteiger partial charge >= 0.3 is 11.9 Å². The van der Waals surface area contributed by atoms with E-state index in [-0.39, 0.29) is 18.5 Å². The Balaban J connectivity index is 2.29. The highest BCUT2D eigenvalue weighted by Gasteiger charge is 2.14. The Morgan fingerprint density at radius 3 is 2.34 bits per heavy atom. The van der Waals surface area contributed by atoms with E-state index in [0.717, 1.165) is 57.8 Å². The van der Waals surface area contributed by atoms with Gasteiger partial charge in [-0.2, -0.15) is 0 Å². The van der Waals surface area contributed by atoms with Crippen molar-refractivity contribution in [1.82, 2.24) is 0 Å². The zero-order valence-corrected chi connectivity index (χ0v) is 18.0. The van der Waals surface area contributed by atoms with E-state index in [1.165, 1.54) is 19.3 Å². The van der Waals surface area contributed by atoms with Crippen molar-refractivity contribution in [3.63, 3.8) is 0 Å². The maximum atomic E-state index is 12.4. The highest BCUT2D eigenvalue weighted by Crippen LogP contribution is 2.15. The van der Waals surface area contributed by atoms with Gasteiger partial charge in [-0.3, -0.25) is 4.79 Å². The van der Waals surface area contributed by atoms with Crippen molar-refractivity contribution in [1.29, 1.82) is 0 Å². The monoisotopic (exact) mass is 402 g/mol. The Bertz CT molecular complexity index is 580. The van der Waals surface area contributed by atoms with Crippen LogP contribution in [0.3, 0.4) is 0 Å². The Morgan fingerprint density at radius 2 is 1.62 bits per heavy atom. The summed E-state index contributed by atoms with van der Waals surface area (Å²) in [4.78, 5) is 22.8. The molecule has 1 aromatic rings. The number of carboxylic acids is 1. The molecule has 29 heavy (non-hydrogen) atoms. The van der Waals surface area contributed by atoms with Crippen LogP contribution in [0.25, 0.3) is 0 Å². The smallest absolute Gasteiger partial charge is 0.338 e. The molecule has 0 spiro atoms. The van der Waals surface area contributed by atoms with Gasteiger partial charge in [0.05, 0.1) is 5.56 Å². The first-order valence-corrected chi connectivity index (χ1v) is 11.3. The second-order valence-corrected chi connectivity index (χ2v) is 7.65. The second-order valence-electron chi connectivity index (χ2n) is 7.65. The first-order chi connectivity index (χ1) is 14.1. The normalized spacial score (nSPS) is 12.2. The van der Waals surface area contributed by atoms with Crippen molar-refractivity contribution in [2.24, 2.45) is 0 Å². The minimum atomic E-state index is -0.704. The van der Waals surface area contributed by atoms with Gasteiger partial charge < -0.3 is 9.84 Å². The molecule has 0 amide bonds. The first kappa shape index (κ1) is 24.9. The number of benzene rings is 1. The van der Waals surface area contributed by atoms with Crippen molar-refractivity contribution < 1.29 is 19.4 Å². The van der Waals surface area contributed by atoms with Crippen LogP contribution in [0.5, 0.6) is 0 Å². The zero-order valence-electron chi connectivity index (χ0n) is 18.0. The molecule has 0 aliphatic rings. The van der Waals surface area contributed by atoms with Gasteiger partial charge in [0, 0.05) is 12.8 Å². The molecule has 0 heterocycles. The number of rotatable bonds is 17. The van der Waals surface area contributed by atoms with Crippen LogP contribution in [-0.2, 0) is 9.53 Å². The van der Waals surface area contributed by atoms with Crippen molar-refractivity contribution >= 4 is 11.9 Å². The number of unbranched alkanes of at least 4 members (excludes halogenated alkanes) is 8. The molecule has 1 aromatic carbocycles. The average molecular weight is 403 g/mol. The van der Waals surface area contributed by atoms with E-state index in [9.17, 15) is 9.59 Å². The molecule has 0 aliphatic heterocycles. The van der Waals surface area contributed by atoms with Gasteiger partial charge in [0.15, 0.2) is 0 Å². The summed E-state index contributed by atoms with van der Waals surface area (Å²) in [6.45, 7) is 2.20. The number of carboxylic acid groups (broad SMARTS) is 1. The van der Waals surface area contributed by atoms with Gasteiger partial charge in [0.1, 0.15) is 6.10 Å². The SMILES string of the molecule is CCCCCCC(C/C=C/CCCCCCCC(=O)O)OC(=O)c1ccccc1. The molecule has 0 bridgehead atoms. The number of aliphatic carboxylic acids is 1. The van der Waals surface area contributed by atoms with E-state index in [4.69, 9.17) is 9.84 Å². The van der Waals surface area contributed by atoms with Crippen LogP contribution < -0.4 is 0 Å². The molecule has 1 rings (SSSR count). The molecule has 162 valence electrons. The second kappa shape index (κ2) is 16.8. The fourth-order valence-electron chi connectivity index (χ4n) is 3.25. The molecule has 0 radical (unpaired) electrons. The van der Waals surface area contributed by atoms with Crippen molar-refractivity contribution in [3.05, 3.63) is 48.0 Å². The van der Waals surface area contributed by atoms with Gasteiger partial charge in [-0.05, 0) is 44.2 Å². The summed E-state index contributed by atoms with van der Waals surface area (Å²) in [5.74, 6) is -0.939. The Kier molecular flexibility index (Phi) is 14.5. The summed E-state index contributed by atoms with van der Waals surface area (Å²) in [7, 11) is 0. The molecular weight excluding hydrogens is 364 g/mol. The molecule has 0 fully saturated rings. The van der Waals surface area contributed by atoms with Crippen LogP contribution in [0.1, 0.15) is 101 Å². The standard InChI is InChI=1S/C25H38O4/c1-2-3-4-14-19-23(29-25(28)22-17-12-11-13-18-22)20-15-9-7-5-6-8-10-16-21-24(26)27/h9,11-13,15,17-18,23H,2-8,10,14,16,19-21H2,1H3,(H,26,27)/b15-9+. The van der Waals surface area contributed by atoms with Crippen LogP contribution in [0.15, 0.2) is 42.5 Å². The van der Waals surface area contributed by atoms with Gasteiger partial charge in [-0.1, -0.05) is 75.8 Å². The summed E-state index contributed by atoms with van der Waals surface area (Å²) in [5, 5.41) is 8.62. The van der Waals surface area contributed by atoms with Gasteiger partial charge in [-0.15, -0.1) is 0 Å². The van der Waals surface area contributed by atoms with Gasteiger partial charge in [0.25, 0.3) is 0 Å². The minimum absolute atomic E-state index is 0.0631. The summed E-state index contributed by atoms with van der Waals surface area (Å²) in [6, 6.07) is 9.20. The molecule has 0 aliphatic carbocycles. The molecule has 4 nitrogen and oxygen atoms in total. The Morgan fingerprint density at radius 1 is 0.931 bits per heavy atom. The predicted molar refractivity (Wildman–Crippen MR) is 118 cm³/mol. The third-order valence-corrected chi connectivity index (χ3v) is 4.99. The molecule has 4 heteroatoms. The molecule has 0 saturated carbocycles. The number of carbonyl (C=O) groups excluding carboxylic acids is 1. The molecular formula is C25H38O4. The van der Waals surface area contributed by atoms with Crippen molar-refractivity contribution in [2.75, 3.05) is 0 Å². The number of esters is 1. The maximum Gasteiger partial charge on any atom is 0.338 e. The predicted octanol–water partition coefficient (Wildman–Crippen LogP) is 6.94. The van der Waals surface area contributed by atoms with E-state index >= 15 is 0 Å². The number of hydrogen-bond donors (Lipinski definition) is 1. The van der Waals surface area contributed by atoms with Crippen LogP contribution in [-0.4, -0.2) is 23.1 Å². The molecule has 1 N–H and O–H groups in total. The lowest BCUT2D eigenvalue weighted by atomic mass is 10.1. The Hall–Kier alpha value is -2.10. The lowest BCUT2D eigenvalue weighted by molar-refractivity contribution is -0.137. The third-order valence-electron chi connectivity index (χ3n) is 4.99. The van der Waals surface area contributed by atoms with Crippen molar-refractivity contribution in [3.8, 4) is 0 Å². The number of ether oxygens (including phenoxy) is 1. The van der Waals surface area contributed by atoms with Crippen LogP contribution in [0.4, 0.5) is 0 Å². The van der Waals surface area contributed by atoms with E-state index in [1.54, 1.807) is 12.1 Å². The third kappa shape index (κ3) is 13.7. The van der Waals surface area contributed by atoms with E-state index in [2.05, 4.69) is 19.1 Å². The number of hydrogen-bond acceptors (Lipinski definition) is 3. The van der Waals surface area contributed by atoms with Crippen LogP contribution >= 0.6 is 0 Å². The van der Waals surface area contributed by atoms with Gasteiger partial charge in [-0.25, -0.2) is 4.79 Å². The quantitative estimate of drug-likeness (QED) is 0.174. The summed E-state index contributed by atoms with van der Waals surface area (Å²) in [5.41, 5.74) is 0.609. The summed E-state index contributed by atoms with van der Waals surface area (Å²) < 4.78 is 5.77. The average Bonchev–Trinajstić information content (AvgIpc) is 2.72. The van der Waals surface area contributed by atoms with E-state index < -0.39 is 5.97 Å². The molecule has 0 saturated heterocycles. The minimum Gasteiger partial charge on any atom is -0.481 e. The van der Waals surface area contributed by atoms with Crippen LogP contribution in [0, 0.1) is 0 Å². The highest BCUT2D eigenvalue weighted by atomic mass is 16.5. The summed E-state index contributed by atoms with van der Waals surface area (Å²) in [6.07, 6.45) is 17.1. The largest absolute Gasteiger partial charge is 0.481 e. The fourth-order valence-corrected chi connectivity index (χ4v) is 3.25. The molecule has 0 aromatic heterocycles. The number of allylic oxidation sites excluding steroid dienone is 1. The van der Waals surface area contributed by atoms with Crippen LogP contribution in [0.2, 0.25) is 0 Å². The lowest BCUT2D eigenvalue weighted by Gasteiger charge is -2.16. The maximum absolute atomic E-state index is 12.4. The van der Waals surface area contributed by atoms with Crippen molar-refractivity contribution in [2.45, 2.75) is 96.5 Å². The highest BCUT2D eigenvalue weighted by molar-refractivity contribution is 5.89. The lowest BCUT2D eigenvalue weighted by Crippen LogP contribution is -2.18. The molecule has 1 atom stereocenters. The van der Waals surface area contributed by atoms with E-state index in [1.807, 2.05) is 18.2 Å². The number of carbonyl (C=O) groups is 2. The first-order valence-electron chi connectivity index (χ1n) is 11.3. The molecule has 1 unspecified atom stereocenters. The zero-order chi connectivity index (χ0) is 21.2. The van der Waals surface area contributed by atoms with E-state index in [0.29, 0.717) is 5.56 Å². The fraction of sp³-hybridized carbons (Fsp3) is 0.600. The Labute approximate surface area is 176 Å². The topological polar surface area (TPSA) is 63.6 Å². The summed E-state index contributed by atoms with van der Waals surface area (Å²) >= 11 is 0. The van der Waals surface area contributed by atoms with Gasteiger partial charge in [0.2, 0.25) is 0 Å².